The first-order chi connectivity index (χ1) is 11.7. The molecule has 4 aromatic rings. The molecule has 24 heavy (non-hydrogen) atoms. The number of pyridine rings is 1. The smallest absolute Gasteiger partial charge is 0.161 e. The van der Waals surface area contributed by atoms with Crippen molar-refractivity contribution in [3.8, 4) is 28.2 Å². The maximum atomic E-state index is 6.12. The van der Waals surface area contributed by atoms with Gasteiger partial charge in [-0.05, 0) is 23.8 Å². The van der Waals surface area contributed by atoms with Gasteiger partial charge in [0.25, 0.3) is 0 Å². The average molecular weight is 316 g/mol. The van der Waals surface area contributed by atoms with E-state index in [4.69, 9.17) is 14.9 Å². The number of furan rings is 1. The first-order valence-electron chi connectivity index (χ1n) is 7.63. The van der Waals surface area contributed by atoms with Crippen molar-refractivity contribution in [1.82, 2.24) is 4.98 Å². The molecule has 2 aromatic carbocycles. The van der Waals surface area contributed by atoms with Crippen LogP contribution in [-0.2, 0) is 0 Å². The molecule has 2 aromatic heterocycles. The van der Waals surface area contributed by atoms with Gasteiger partial charge in [0, 0.05) is 35.1 Å². The highest BCUT2D eigenvalue weighted by Gasteiger charge is 2.13. The second-order valence-corrected chi connectivity index (χ2v) is 5.54. The number of nitrogens with zero attached hydrogens (tertiary/aromatic N) is 1. The van der Waals surface area contributed by atoms with Crippen LogP contribution in [0.5, 0.6) is 5.75 Å². The molecule has 2 N–H and O–H groups in total. The van der Waals surface area contributed by atoms with E-state index >= 15 is 0 Å². The fourth-order valence-corrected chi connectivity index (χ4v) is 2.81. The van der Waals surface area contributed by atoms with E-state index in [0.29, 0.717) is 17.2 Å². The number of fused-ring (bicyclic) bond motifs is 1. The molecular formula is C20H16N2O2. The van der Waals surface area contributed by atoms with Crippen LogP contribution in [0.4, 0.5) is 5.69 Å². The summed E-state index contributed by atoms with van der Waals surface area (Å²) in [4.78, 5) is 4.42. The van der Waals surface area contributed by atoms with Crippen molar-refractivity contribution >= 4 is 16.8 Å². The Bertz CT molecular complexity index is 1010. The molecule has 118 valence electrons. The van der Waals surface area contributed by atoms with Gasteiger partial charge in [-0.25, -0.2) is 0 Å². The lowest BCUT2D eigenvalue weighted by atomic mass is 10.1. The summed E-state index contributed by atoms with van der Waals surface area (Å²) < 4.78 is 11.4. The van der Waals surface area contributed by atoms with Crippen LogP contribution >= 0.6 is 0 Å². The maximum absolute atomic E-state index is 6.12. The Morgan fingerprint density at radius 3 is 2.58 bits per heavy atom. The van der Waals surface area contributed by atoms with E-state index < -0.39 is 0 Å². The molecule has 0 saturated heterocycles. The van der Waals surface area contributed by atoms with Crippen molar-refractivity contribution in [2.45, 2.75) is 0 Å². The molecule has 0 bridgehead atoms. The SMILES string of the molecule is COc1cc(N)cc(-c2cc3nccc(-c4ccccc4)c3o2)c1. The van der Waals surface area contributed by atoms with Crippen molar-refractivity contribution in [1.29, 1.82) is 0 Å². The molecular weight excluding hydrogens is 300 g/mol. The number of nitrogens with two attached hydrogens (primary N) is 1. The van der Waals surface area contributed by atoms with Crippen molar-refractivity contribution in [3.05, 3.63) is 66.9 Å². The van der Waals surface area contributed by atoms with E-state index in [-0.39, 0.29) is 0 Å². The number of anilines is 1. The van der Waals surface area contributed by atoms with E-state index in [1.165, 1.54) is 0 Å². The largest absolute Gasteiger partial charge is 0.497 e. The molecule has 0 spiro atoms. The minimum Gasteiger partial charge on any atom is -0.497 e. The van der Waals surface area contributed by atoms with Gasteiger partial charge in [0.1, 0.15) is 17.0 Å². The lowest BCUT2D eigenvalue weighted by Crippen LogP contribution is -1.89. The first-order valence-corrected chi connectivity index (χ1v) is 7.63. The Labute approximate surface area is 139 Å². The van der Waals surface area contributed by atoms with Crippen LogP contribution in [0.25, 0.3) is 33.6 Å². The van der Waals surface area contributed by atoms with Gasteiger partial charge in [0.05, 0.1) is 7.11 Å². The van der Waals surface area contributed by atoms with Gasteiger partial charge in [0.15, 0.2) is 5.58 Å². The molecule has 0 aliphatic rings. The Kier molecular flexibility index (Phi) is 3.43. The zero-order valence-corrected chi connectivity index (χ0v) is 13.2. The van der Waals surface area contributed by atoms with E-state index in [2.05, 4.69) is 17.1 Å². The fraction of sp³-hybridized carbons (Fsp3) is 0.0500. The van der Waals surface area contributed by atoms with Gasteiger partial charge in [-0.2, -0.15) is 0 Å². The number of aromatic nitrogens is 1. The Morgan fingerprint density at radius 1 is 0.958 bits per heavy atom. The predicted molar refractivity (Wildman–Crippen MR) is 95.8 cm³/mol. The summed E-state index contributed by atoms with van der Waals surface area (Å²) in [5.41, 5.74) is 11.1. The third kappa shape index (κ3) is 2.48. The van der Waals surface area contributed by atoms with Gasteiger partial charge in [-0.1, -0.05) is 30.3 Å². The van der Waals surface area contributed by atoms with Gasteiger partial charge in [-0.15, -0.1) is 0 Å². The molecule has 4 rings (SSSR count). The van der Waals surface area contributed by atoms with Gasteiger partial charge < -0.3 is 14.9 Å². The number of rotatable bonds is 3. The second kappa shape index (κ2) is 5.74. The molecule has 0 aliphatic heterocycles. The summed E-state index contributed by atoms with van der Waals surface area (Å²) >= 11 is 0. The number of nitrogen functional groups attached to an aromatic ring is 1. The van der Waals surface area contributed by atoms with Crippen LogP contribution in [0.2, 0.25) is 0 Å². The van der Waals surface area contributed by atoms with Gasteiger partial charge in [0.2, 0.25) is 0 Å². The summed E-state index contributed by atoms with van der Waals surface area (Å²) in [7, 11) is 1.62. The fourth-order valence-electron chi connectivity index (χ4n) is 2.81. The van der Waals surface area contributed by atoms with E-state index in [9.17, 15) is 0 Å². The first kappa shape index (κ1) is 14.3. The highest BCUT2D eigenvalue weighted by Crippen LogP contribution is 2.35. The second-order valence-electron chi connectivity index (χ2n) is 5.54. The molecule has 2 heterocycles. The number of ether oxygens (including phenoxy) is 1. The van der Waals surface area contributed by atoms with Crippen molar-refractivity contribution in [3.63, 3.8) is 0 Å². The third-order valence-electron chi connectivity index (χ3n) is 3.95. The van der Waals surface area contributed by atoms with Crippen molar-refractivity contribution < 1.29 is 9.15 Å². The molecule has 4 nitrogen and oxygen atoms in total. The topological polar surface area (TPSA) is 61.3 Å². The Hall–Kier alpha value is -3.27. The number of methoxy groups -OCH3 is 1. The predicted octanol–water partition coefficient (Wildman–Crippen LogP) is 4.75. The molecule has 0 saturated carbocycles. The molecule has 0 radical (unpaired) electrons. The monoisotopic (exact) mass is 316 g/mol. The standard InChI is InChI=1S/C20H16N2O2/c1-23-16-10-14(9-15(21)11-16)19-12-18-20(24-19)17(7-8-22-18)13-5-3-2-4-6-13/h2-12H,21H2,1H3. The molecule has 0 atom stereocenters. The maximum Gasteiger partial charge on any atom is 0.161 e. The summed E-state index contributed by atoms with van der Waals surface area (Å²) in [5, 5.41) is 0. The van der Waals surface area contributed by atoms with E-state index in [0.717, 1.165) is 27.8 Å². The summed E-state index contributed by atoms with van der Waals surface area (Å²) in [6, 6.07) is 19.6. The Morgan fingerprint density at radius 2 is 1.79 bits per heavy atom. The van der Waals surface area contributed by atoms with Gasteiger partial charge in [-0.3, -0.25) is 4.98 Å². The highest BCUT2D eigenvalue weighted by molar-refractivity contribution is 5.92. The van der Waals surface area contributed by atoms with Crippen LogP contribution in [0.1, 0.15) is 0 Å². The minimum atomic E-state index is 0.626. The van der Waals surface area contributed by atoms with Crippen LogP contribution in [-0.4, -0.2) is 12.1 Å². The van der Waals surface area contributed by atoms with Crippen LogP contribution in [0.15, 0.2) is 71.3 Å². The lowest BCUT2D eigenvalue weighted by molar-refractivity contribution is 0.415. The number of hydrogen-bond donors (Lipinski definition) is 1. The van der Waals surface area contributed by atoms with Crippen molar-refractivity contribution in [2.75, 3.05) is 12.8 Å². The van der Waals surface area contributed by atoms with Gasteiger partial charge >= 0.3 is 0 Å². The van der Waals surface area contributed by atoms with Crippen LogP contribution in [0, 0.1) is 0 Å². The molecule has 0 unspecified atom stereocenters. The van der Waals surface area contributed by atoms with Crippen molar-refractivity contribution in [2.24, 2.45) is 0 Å². The number of hydrogen-bond acceptors (Lipinski definition) is 4. The lowest BCUT2D eigenvalue weighted by Gasteiger charge is -2.04. The summed E-state index contributed by atoms with van der Waals surface area (Å²) in [6.45, 7) is 0. The van der Waals surface area contributed by atoms with E-state index in [1.807, 2.05) is 42.5 Å². The zero-order chi connectivity index (χ0) is 16.5. The molecule has 0 aliphatic carbocycles. The zero-order valence-electron chi connectivity index (χ0n) is 13.2. The van der Waals surface area contributed by atoms with E-state index in [1.54, 1.807) is 19.4 Å². The molecule has 0 amide bonds. The summed E-state index contributed by atoms with van der Waals surface area (Å²) in [5.74, 6) is 1.41. The minimum absolute atomic E-state index is 0.626. The Balaban J connectivity index is 1.89. The average Bonchev–Trinajstić information content (AvgIpc) is 3.06. The third-order valence-corrected chi connectivity index (χ3v) is 3.95. The quantitative estimate of drug-likeness (QED) is 0.554. The molecule has 0 fully saturated rings. The summed E-state index contributed by atoms with van der Waals surface area (Å²) in [6.07, 6.45) is 1.80. The number of benzene rings is 2. The molecule has 4 heteroatoms. The normalized spacial score (nSPS) is 10.9. The van der Waals surface area contributed by atoms with Crippen LogP contribution in [0.3, 0.4) is 0 Å². The highest BCUT2D eigenvalue weighted by atomic mass is 16.5. The van der Waals surface area contributed by atoms with Crippen LogP contribution < -0.4 is 10.5 Å².